The minimum atomic E-state index is -0.00614. The molecule has 0 radical (unpaired) electrons. The maximum atomic E-state index is 12.8. The predicted octanol–water partition coefficient (Wildman–Crippen LogP) is 5.49. The molecule has 1 unspecified atom stereocenters. The van der Waals surface area contributed by atoms with E-state index in [1.165, 1.54) is 64.2 Å². The average molecular weight is 592 g/mol. The molecular weight excluding hydrogens is 526 g/mol. The van der Waals surface area contributed by atoms with Crippen LogP contribution in [0.5, 0.6) is 0 Å². The molecule has 1 atom stereocenters. The number of carbonyl (C=O) groups is 3. The van der Waals surface area contributed by atoms with Crippen molar-refractivity contribution in [3.05, 3.63) is 0 Å². The van der Waals surface area contributed by atoms with Gasteiger partial charge in [0.15, 0.2) is 0 Å². The standard InChI is InChI=1S/C34H65N5O3/c1-3-5-12-20-34(30-35,19-4-2)21-13-9-11-18-32(41)39-27-25-37(26-28-39)22-14-8-6-7-10-17-31(40)36-29-33(42)38-23-15-16-24-38/h3-30,35H2,1-2H3,(H,36,40). The highest BCUT2D eigenvalue weighted by Crippen LogP contribution is 2.35. The molecule has 0 aromatic rings. The second-order valence-electron chi connectivity index (χ2n) is 13.1. The normalized spacial score (nSPS) is 17.4. The molecule has 244 valence electrons. The van der Waals surface area contributed by atoms with Crippen LogP contribution in [0.25, 0.3) is 0 Å². The van der Waals surface area contributed by atoms with Gasteiger partial charge in [-0.3, -0.25) is 19.3 Å². The lowest BCUT2D eigenvalue weighted by atomic mass is 9.74. The van der Waals surface area contributed by atoms with Crippen molar-refractivity contribution in [2.24, 2.45) is 11.1 Å². The third-order valence-electron chi connectivity index (χ3n) is 9.62. The molecule has 0 spiro atoms. The number of rotatable bonds is 23. The topological polar surface area (TPSA) is 99.0 Å². The number of hydrogen-bond acceptors (Lipinski definition) is 5. The summed E-state index contributed by atoms with van der Waals surface area (Å²) in [5.41, 5.74) is 6.58. The molecule has 0 bridgehead atoms. The lowest BCUT2D eigenvalue weighted by Gasteiger charge is -2.35. The van der Waals surface area contributed by atoms with Gasteiger partial charge in [0.05, 0.1) is 6.54 Å². The number of nitrogens with zero attached hydrogens (tertiary/aromatic N) is 3. The summed E-state index contributed by atoms with van der Waals surface area (Å²) in [7, 11) is 0. The quantitative estimate of drug-likeness (QED) is 0.153. The molecule has 2 fully saturated rings. The van der Waals surface area contributed by atoms with E-state index >= 15 is 0 Å². The molecule has 8 nitrogen and oxygen atoms in total. The van der Waals surface area contributed by atoms with Gasteiger partial charge in [-0.15, -0.1) is 0 Å². The van der Waals surface area contributed by atoms with Crippen molar-refractivity contribution >= 4 is 17.7 Å². The third-order valence-corrected chi connectivity index (χ3v) is 9.62. The zero-order chi connectivity index (χ0) is 30.5. The Morgan fingerprint density at radius 3 is 1.90 bits per heavy atom. The summed E-state index contributed by atoms with van der Waals surface area (Å²) in [5, 5.41) is 2.78. The summed E-state index contributed by atoms with van der Waals surface area (Å²) in [5.74, 6) is 0.375. The van der Waals surface area contributed by atoms with Crippen LogP contribution in [0.3, 0.4) is 0 Å². The Hall–Kier alpha value is -1.67. The summed E-state index contributed by atoms with van der Waals surface area (Å²) in [6.45, 7) is 11.9. The van der Waals surface area contributed by atoms with E-state index in [9.17, 15) is 14.4 Å². The average Bonchev–Trinajstić information content (AvgIpc) is 3.55. The number of carbonyl (C=O) groups excluding carboxylic acids is 3. The Kier molecular flexibility index (Phi) is 19.1. The molecular formula is C34H65N5O3. The number of hydrogen-bond donors (Lipinski definition) is 2. The van der Waals surface area contributed by atoms with E-state index < -0.39 is 0 Å². The largest absolute Gasteiger partial charge is 0.347 e. The fourth-order valence-electron chi connectivity index (χ4n) is 6.79. The van der Waals surface area contributed by atoms with Gasteiger partial charge in [-0.05, 0) is 69.9 Å². The predicted molar refractivity (Wildman–Crippen MR) is 173 cm³/mol. The van der Waals surface area contributed by atoms with E-state index in [-0.39, 0.29) is 18.4 Å². The van der Waals surface area contributed by atoms with Gasteiger partial charge < -0.3 is 20.9 Å². The van der Waals surface area contributed by atoms with Crippen LogP contribution < -0.4 is 11.1 Å². The maximum absolute atomic E-state index is 12.8. The molecule has 2 saturated heterocycles. The highest BCUT2D eigenvalue weighted by atomic mass is 16.2. The first-order valence-corrected chi connectivity index (χ1v) is 17.7. The maximum Gasteiger partial charge on any atom is 0.241 e. The molecule has 2 rings (SSSR count). The molecule has 0 aromatic carbocycles. The fraction of sp³-hybridized carbons (Fsp3) is 0.912. The van der Waals surface area contributed by atoms with Crippen molar-refractivity contribution in [2.45, 2.75) is 136 Å². The van der Waals surface area contributed by atoms with E-state index in [0.29, 0.717) is 24.2 Å². The van der Waals surface area contributed by atoms with Crippen LogP contribution in [-0.4, -0.2) is 91.3 Å². The van der Waals surface area contributed by atoms with E-state index in [1.807, 2.05) is 4.90 Å². The number of unbranched alkanes of at least 4 members (excludes halogenated alkanes) is 8. The highest BCUT2D eigenvalue weighted by Gasteiger charge is 2.27. The minimum absolute atomic E-state index is 0.00614. The SMILES string of the molecule is CCCCCC(CN)(CCC)CCCCCC(=O)N1CCN(CCCCCCCC(=O)NCC(=O)N2CCCC2)CC1. The van der Waals surface area contributed by atoms with Crippen molar-refractivity contribution in [3.63, 3.8) is 0 Å². The Labute approximate surface area is 257 Å². The van der Waals surface area contributed by atoms with Gasteiger partial charge in [0.1, 0.15) is 0 Å². The lowest BCUT2D eigenvalue weighted by molar-refractivity contribution is -0.133. The smallest absolute Gasteiger partial charge is 0.241 e. The number of piperazine rings is 1. The van der Waals surface area contributed by atoms with Crippen molar-refractivity contribution in [2.75, 3.05) is 58.9 Å². The molecule has 0 aliphatic carbocycles. The molecule has 0 saturated carbocycles. The van der Waals surface area contributed by atoms with Gasteiger partial charge in [0.25, 0.3) is 0 Å². The van der Waals surface area contributed by atoms with Crippen LogP contribution in [0.2, 0.25) is 0 Å². The summed E-state index contributed by atoms with van der Waals surface area (Å²) in [4.78, 5) is 43.2. The molecule has 2 heterocycles. The van der Waals surface area contributed by atoms with Gasteiger partial charge in [-0.1, -0.05) is 71.6 Å². The number of nitrogens with two attached hydrogens (primary N) is 1. The van der Waals surface area contributed by atoms with E-state index in [1.54, 1.807) is 0 Å². The van der Waals surface area contributed by atoms with Crippen LogP contribution in [0, 0.1) is 5.41 Å². The van der Waals surface area contributed by atoms with Crippen LogP contribution in [0.1, 0.15) is 136 Å². The monoisotopic (exact) mass is 592 g/mol. The van der Waals surface area contributed by atoms with E-state index in [0.717, 1.165) is 97.3 Å². The number of likely N-dealkylation sites (tertiary alicyclic amines) is 1. The Balaban J connectivity index is 1.45. The molecule has 2 aliphatic rings. The van der Waals surface area contributed by atoms with Gasteiger partial charge in [-0.25, -0.2) is 0 Å². The Morgan fingerprint density at radius 1 is 0.643 bits per heavy atom. The van der Waals surface area contributed by atoms with Gasteiger partial charge >= 0.3 is 0 Å². The first-order valence-electron chi connectivity index (χ1n) is 17.7. The van der Waals surface area contributed by atoms with Crippen LogP contribution in [0.4, 0.5) is 0 Å². The summed E-state index contributed by atoms with van der Waals surface area (Å²) in [6, 6.07) is 0. The van der Waals surface area contributed by atoms with Gasteiger partial charge in [-0.2, -0.15) is 0 Å². The first kappa shape index (κ1) is 36.5. The lowest BCUT2D eigenvalue weighted by Crippen LogP contribution is -2.48. The molecule has 3 amide bonds. The molecule has 3 N–H and O–H groups in total. The summed E-state index contributed by atoms with van der Waals surface area (Å²) in [6.07, 6.45) is 20.9. The van der Waals surface area contributed by atoms with Gasteiger partial charge in [0.2, 0.25) is 17.7 Å². The summed E-state index contributed by atoms with van der Waals surface area (Å²) >= 11 is 0. The molecule has 8 heteroatoms. The fourth-order valence-corrected chi connectivity index (χ4v) is 6.79. The number of amides is 3. The molecule has 0 aromatic heterocycles. The van der Waals surface area contributed by atoms with E-state index in [2.05, 4.69) is 29.0 Å². The third kappa shape index (κ3) is 14.7. The van der Waals surface area contributed by atoms with Crippen molar-refractivity contribution in [1.82, 2.24) is 20.0 Å². The second-order valence-corrected chi connectivity index (χ2v) is 13.1. The van der Waals surface area contributed by atoms with Crippen molar-refractivity contribution in [1.29, 1.82) is 0 Å². The molecule has 2 aliphatic heterocycles. The van der Waals surface area contributed by atoms with E-state index in [4.69, 9.17) is 5.73 Å². The Morgan fingerprint density at radius 2 is 1.24 bits per heavy atom. The summed E-state index contributed by atoms with van der Waals surface area (Å²) < 4.78 is 0. The van der Waals surface area contributed by atoms with Gasteiger partial charge in [0, 0.05) is 52.1 Å². The van der Waals surface area contributed by atoms with Crippen LogP contribution in [0.15, 0.2) is 0 Å². The first-order chi connectivity index (χ1) is 20.4. The Bertz CT molecular complexity index is 749. The van der Waals surface area contributed by atoms with Crippen LogP contribution in [-0.2, 0) is 14.4 Å². The van der Waals surface area contributed by atoms with Crippen molar-refractivity contribution in [3.8, 4) is 0 Å². The second kappa shape index (κ2) is 21.9. The number of nitrogens with one attached hydrogen (secondary N) is 1. The zero-order valence-corrected chi connectivity index (χ0v) is 27.4. The van der Waals surface area contributed by atoms with Crippen LogP contribution >= 0.6 is 0 Å². The van der Waals surface area contributed by atoms with Crippen molar-refractivity contribution < 1.29 is 14.4 Å². The minimum Gasteiger partial charge on any atom is -0.347 e. The highest BCUT2D eigenvalue weighted by molar-refractivity contribution is 5.84. The zero-order valence-electron chi connectivity index (χ0n) is 27.4. The molecule has 42 heavy (non-hydrogen) atoms.